The molecule has 1 aromatic heterocycles. The van der Waals surface area contributed by atoms with Gasteiger partial charge in [0.1, 0.15) is 11.6 Å². The van der Waals surface area contributed by atoms with Crippen LogP contribution in [0, 0.1) is 0 Å². The molecule has 0 amide bonds. The number of aromatic nitrogens is 1. The average Bonchev–Trinajstić information content (AvgIpc) is 2.74. The number of halogens is 1. The molecule has 6 heteroatoms. The van der Waals surface area contributed by atoms with E-state index in [1.807, 2.05) is 30.3 Å². The smallest absolute Gasteiger partial charge is 0.142 e. The second-order valence-electron chi connectivity index (χ2n) is 6.96. The van der Waals surface area contributed by atoms with Crippen LogP contribution in [-0.4, -0.2) is 56.3 Å². The molecule has 0 bridgehead atoms. The first-order valence-electron chi connectivity index (χ1n) is 9.63. The van der Waals surface area contributed by atoms with Crippen molar-refractivity contribution < 1.29 is 4.74 Å². The number of benzene rings is 2. The molecule has 0 spiro atoms. The molecule has 0 atom stereocenters. The number of rotatable bonds is 6. The highest BCUT2D eigenvalue weighted by atomic mass is 79.9. The van der Waals surface area contributed by atoms with Gasteiger partial charge in [0.25, 0.3) is 0 Å². The van der Waals surface area contributed by atoms with Gasteiger partial charge in [-0.05, 0) is 42.5 Å². The Bertz CT molecular complexity index is 941. The number of nitrogens with one attached hydrogen (secondary N) is 1. The number of piperazine rings is 1. The van der Waals surface area contributed by atoms with Gasteiger partial charge in [0, 0.05) is 49.1 Å². The Labute approximate surface area is 174 Å². The minimum atomic E-state index is 0.893. The molecule has 3 aromatic rings. The van der Waals surface area contributed by atoms with Gasteiger partial charge in [0.2, 0.25) is 0 Å². The molecule has 0 unspecified atom stereocenters. The van der Waals surface area contributed by atoms with Crippen LogP contribution in [-0.2, 0) is 0 Å². The van der Waals surface area contributed by atoms with E-state index in [4.69, 9.17) is 9.72 Å². The minimum absolute atomic E-state index is 0.893. The van der Waals surface area contributed by atoms with E-state index in [1.54, 1.807) is 7.11 Å². The first kappa shape index (κ1) is 19.0. The van der Waals surface area contributed by atoms with Crippen LogP contribution < -0.4 is 15.0 Å². The van der Waals surface area contributed by atoms with Gasteiger partial charge in [-0.3, -0.25) is 4.90 Å². The molecule has 2 heterocycles. The van der Waals surface area contributed by atoms with Crippen molar-refractivity contribution in [2.45, 2.75) is 0 Å². The van der Waals surface area contributed by atoms with Crippen molar-refractivity contribution in [2.75, 3.05) is 56.6 Å². The molecule has 1 aliphatic rings. The van der Waals surface area contributed by atoms with Gasteiger partial charge >= 0.3 is 0 Å². The highest BCUT2D eigenvalue weighted by Gasteiger charge is 2.19. The average molecular weight is 441 g/mol. The van der Waals surface area contributed by atoms with Crippen molar-refractivity contribution in [1.29, 1.82) is 0 Å². The zero-order valence-electron chi connectivity index (χ0n) is 16.1. The van der Waals surface area contributed by atoms with Gasteiger partial charge in [0.05, 0.1) is 18.3 Å². The van der Waals surface area contributed by atoms with Gasteiger partial charge in [-0.2, -0.15) is 0 Å². The van der Waals surface area contributed by atoms with Crippen molar-refractivity contribution in [2.24, 2.45) is 0 Å². The van der Waals surface area contributed by atoms with Crippen molar-refractivity contribution in [3.05, 3.63) is 59.1 Å². The summed E-state index contributed by atoms with van der Waals surface area (Å²) in [6.45, 7) is 6.05. The van der Waals surface area contributed by atoms with Crippen molar-refractivity contribution in [3.63, 3.8) is 0 Å². The summed E-state index contributed by atoms with van der Waals surface area (Å²) in [4.78, 5) is 9.60. The number of ether oxygens (including phenoxy) is 1. The Kier molecular flexibility index (Phi) is 5.98. The predicted molar refractivity (Wildman–Crippen MR) is 120 cm³/mol. The summed E-state index contributed by atoms with van der Waals surface area (Å²) >= 11 is 3.50. The Morgan fingerprint density at radius 3 is 2.68 bits per heavy atom. The third kappa shape index (κ3) is 4.39. The number of hydrogen-bond acceptors (Lipinski definition) is 5. The Hall–Kier alpha value is -2.31. The summed E-state index contributed by atoms with van der Waals surface area (Å²) in [5.41, 5.74) is 2.20. The number of pyridine rings is 1. The number of nitrogens with zero attached hydrogens (tertiary/aromatic N) is 3. The summed E-state index contributed by atoms with van der Waals surface area (Å²) < 4.78 is 6.58. The molecular weight excluding hydrogens is 416 g/mol. The summed E-state index contributed by atoms with van der Waals surface area (Å²) in [6.07, 6.45) is 0. The molecule has 2 aromatic carbocycles. The lowest BCUT2D eigenvalue weighted by molar-refractivity contribution is 0.266. The SMILES string of the molecule is COc1ccccc1N1CCN(CCNc2ccc3cc(Br)ccc3n2)CC1. The third-order valence-corrected chi connectivity index (χ3v) is 5.68. The number of fused-ring (bicyclic) bond motifs is 1. The summed E-state index contributed by atoms with van der Waals surface area (Å²) in [5, 5.41) is 4.61. The van der Waals surface area contributed by atoms with Crippen LogP contribution >= 0.6 is 15.9 Å². The molecule has 1 fully saturated rings. The van der Waals surface area contributed by atoms with Crippen LogP contribution in [0.5, 0.6) is 5.75 Å². The molecule has 0 saturated carbocycles. The fourth-order valence-corrected chi connectivity index (χ4v) is 4.02. The van der Waals surface area contributed by atoms with E-state index in [9.17, 15) is 0 Å². The highest BCUT2D eigenvalue weighted by Crippen LogP contribution is 2.28. The minimum Gasteiger partial charge on any atom is -0.495 e. The third-order valence-electron chi connectivity index (χ3n) is 5.18. The van der Waals surface area contributed by atoms with Crippen LogP contribution in [0.15, 0.2) is 59.1 Å². The first-order valence-corrected chi connectivity index (χ1v) is 10.4. The lowest BCUT2D eigenvalue weighted by atomic mass is 10.2. The van der Waals surface area contributed by atoms with E-state index < -0.39 is 0 Å². The Balaban J connectivity index is 1.27. The van der Waals surface area contributed by atoms with Crippen molar-refractivity contribution >= 4 is 38.3 Å². The van der Waals surface area contributed by atoms with Crippen LogP contribution in [0.2, 0.25) is 0 Å². The molecule has 5 nitrogen and oxygen atoms in total. The maximum absolute atomic E-state index is 5.50. The number of methoxy groups -OCH3 is 1. The lowest BCUT2D eigenvalue weighted by Crippen LogP contribution is -2.47. The molecule has 1 N–H and O–H groups in total. The molecule has 0 aliphatic carbocycles. The first-order chi connectivity index (χ1) is 13.7. The van der Waals surface area contributed by atoms with Gasteiger partial charge in [-0.1, -0.05) is 28.1 Å². The van der Waals surface area contributed by atoms with Crippen LogP contribution in [0.3, 0.4) is 0 Å². The van der Waals surface area contributed by atoms with Crippen molar-refractivity contribution in [3.8, 4) is 5.75 Å². The number of anilines is 2. The molecule has 1 saturated heterocycles. The maximum Gasteiger partial charge on any atom is 0.142 e. The van der Waals surface area contributed by atoms with Gasteiger partial charge < -0.3 is 15.0 Å². The largest absolute Gasteiger partial charge is 0.495 e. The van der Waals surface area contributed by atoms with E-state index in [2.05, 4.69) is 55.3 Å². The molecule has 146 valence electrons. The van der Waals surface area contributed by atoms with Crippen LogP contribution in [0.1, 0.15) is 0 Å². The maximum atomic E-state index is 5.50. The van der Waals surface area contributed by atoms with Crippen LogP contribution in [0.25, 0.3) is 10.9 Å². The second-order valence-corrected chi connectivity index (χ2v) is 7.88. The second kappa shape index (κ2) is 8.80. The van der Waals surface area contributed by atoms with Crippen molar-refractivity contribution in [1.82, 2.24) is 9.88 Å². The molecular formula is C22H25BrN4O. The van der Waals surface area contributed by atoms with E-state index in [1.165, 1.54) is 5.69 Å². The monoisotopic (exact) mass is 440 g/mol. The van der Waals surface area contributed by atoms with Crippen LogP contribution in [0.4, 0.5) is 11.5 Å². The normalized spacial score (nSPS) is 15.0. The Morgan fingerprint density at radius 2 is 1.86 bits per heavy atom. The van der Waals surface area contributed by atoms with E-state index in [0.29, 0.717) is 0 Å². The predicted octanol–water partition coefficient (Wildman–Crippen LogP) is 4.24. The topological polar surface area (TPSA) is 40.6 Å². The van der Waals surface area contributed by atoms with E-state index in [0.717, 1.165) is 66.2 Å². The molecule has 1 aliphatic heterocycles. The zero-order valence-corrected chi connectivity index (χ0v) is 17.7. The molecule has 4 rings (SSSR count). The Morgan fingerprint density at radius 1 is 1.04 bits per heavy atom. The van der Waals surface area contributed by atoms with E-state index in [-0.39, 0.29) is 0 Å². The van der Waals surface area contributed by atoms with Gasteiger partial charge in [-0.15, -0.1) is 0 Å². The fourth-order valence-electron chi connectivity index (χ4n) is 3.64. The standard InChI is InChI=1S/C22H25BrN4O/c1-28-21-5-3-2-4-20(21)27-14-12-26(13-15-27)11-10-24-22-9-6-17-16-18(23)7-8-19(17)25-22/h2-9,16H,10-15H2,1H3,(H,24,25). The number of hydrogen-bond donors (Lipinski definition) is 1. The summed E-state index contributed by atoms with van der Waals surface area (Å²) in [6, 6.07) is 18.6. The zero-order chi connectivity index (χ0) is 19.3. The molecule has 0 radical (unpaired) electrons. The summed E-state index contributed by atoms with van der Waals surface area (Å²) in [7, 11) is 1.74. The lowest BCUT2D eigenvalue weighted by Gasteiger charge is -2.36. The quantitative estimate of drug-likeness (QED) is 0.620. The number of para-hydroxylation sites is 2. The van der Waals surface area contributed by atoms with E-state index >= 15 is 0 Å². The summed E-state index contributed by atoms with van der Waals surface area (Å²) in [5.74, 6) is 1.88. The van der Waals surface area contributed by atoms with Gasteiger partial charge in [0.15, 0.2) is 0 Å². The fraction of sp³-hybridized carbons (Fsp3) is 0.318. The highest BCUT2D eigenvalue weighted by molar-refractivity contribution is 9.10. The van der Waals surface area contributed by atoms with Gasteiger partial charge in [-0.25, -0.2) is 4.98 Å². The molecule has 28 heavy (non-hydrogen) atoms.